The third-order valence-electron chi connectivity index (χ3n) is 10.8. The number of carbonyl (C=O) groups excluding carboxylic acids is 3. The predicted octanol–water partition coefficient (Wildman–Crippen LogP) is 3.09. The van der Waals surface area contributed by atoms with Gasteiger partial charge in [-0.25, -0.2) is 0 Å². The van der Waals surface area contributed by atoms with Crippen LogP contribution in [0, 0.1) is 44.8 Å². The SMILES string of the molecule is COC(=O)[C@]12C(=O)[C@H](C)C(=O)[C@]1(C)C(C)=C[C@@H]1[C@@]3(CO)CC[C@H](O)C(C)(C)[C@@H]3CC[C@]12C. The zero-order valence-electron chi connectivity index (χ0n) is 20.4. The normalized spacial score (nSPS) is 49.6. The number of allylic oxidation sites excluding steroid dienone is 2. The zero-order valence-corrected chi connectivity index (χ0v) is 20.4. The Labute approximate surface area is 190 Å². The van der Waals surface area contributed by atoms with Gasteiger partial charge in [-0.05, 0) is 69.1 Å². The molecule has 4 aliphatic carbocycles. The van der Waals surface area contributed by atoms with Crippen molar-refractivity contribution in [2.45, 2.75) is 73.3 Å². The van der Waals surface area contributed by atoms with Gasteiger partial charge >= 0.3 is 5.97 Å². The molecule has 4 aliphatic rings. The van der Waals surface area contributed by atoms with Crippen molar-refractivity contribution in [1.82, 2.24) is 0 Å². The molecule has 178 valence electrons. The molecule has 0 aromatic rings. The first-order valence-corrected chi connectivity index (χ1v) is 11.9. The molecule has 8 atom stereocenters. The number of rotatable bonds is 2. The molecule has 0 aromatic heterocycles. The van der Waals surface area contributed by atoms with Crippen LogP contribution in [0.5, 0.6) is 0 Å². The van der Waals surface area contributed by atoms with Gasteiger partial charge in [-0.15, -0.1) is 0 Å². The Hall–Kier alpha value is -1.53. The molecule has 0 radical (unpaired) electrons. The molecule has 4 rings (SSSR count). The number of carbonyl (C=O) groups is 3. The van der Waals surface area contributed by atoms with Crippen LogP contribution in [-0.4, -0.2) is 47.6 Å². The average Bonchev–Trinajstić information content (AvgIpc) is 2.91. The molecule has 6 heteroatoms. The highest BCUT2D eigenvalue weighted by atomic mass is 16.5. The van der Waals surface area contributed by atoms with Gasteiger partial charge in [0.1, 0.15) is 5.41 Å². The maximum Gasteiger partial charge on any atom is 0.321 e. The number of aliphatic hydroxyl groups is 2. The molecular formula is C26H38O6. The monoisotopic (exact) mass is 446 g/mol. The zero-order chi connectivity index (χ0) is 24.1. The summed E-state index contributed by atoms with van der Waals surface area (Å²) in [5, 5.41) is 21.7. The van der Waals surface area contributed by atoms with E-state index in [0.29, 0.717) is 31.3 Å². The van der Waals surface area contributed by atoms with Gasteiger partial charge in [0.05, 0.1) is 24.5 Å². The average molecular weight is 447 g/mol. The number of ether oxygens (including phenoxy) is 1. The second-order valence-corrected chi connectivity index (χ2v) is 11.9. The van der Waals surface area contributed by atoms with Crippen LogP contribution in [0.1, 0.15) is 67.2 Å². The van der Waals surface area contributed by atoms with Crippen molar-refractivity contribution in [2.75, 3.05) is 13.7 Å². The summed E-state index contributed by atoms with van der Waals surface area (Å²) in [5.74, 6) is -2.36. The van der Waals surface area contributed by atoms with E-state index in [9.17, 15) is 24.6 Å². The lowest BCUT2D eigenvalue weighted by molar-refractivity contribution is -0.225. The number of aliphatic hydroxyl groups excluding tert-OH is 2. The minimum atomic E-state index is -1.62. The lowest BCUT2D eigenvalue weighted by Crippen LogP contribution is -2.70. The van der Waals surface area contributed by atoms with E-state index in [-0.39, 0.29) is 30.0 Å². The molecule has 0 spiro atoms. The van der Waals surface area contributed by atoms with Crippen molar-refractivity contribution in [1.29, 1.82) is 0 Å². The summed E-state index contributed by atoms with van der Waals surface area (Å²) in [6.45, 7) is 11.2. The summed E-state index contributed by atoms with van der Waals surface area (Å²) in [5.41, 5.74) is -4.06. The van der Waals surface area contributed by atoms with Crippen molar-refractivity contribution in [2.24, 2.45) is 44.8 Å². The van der Waals surface area contributed by atoms with Gasteiger partial charge in [-0.2, -0.15) is 0 Å². The van der Waals surface area contributed by atoms with Crippen LogP contribution in [0.3, 0.4) is 0 Å². The summed E-state index contributed by atoms with van der Waals surface area (Å²) in [6, 6.07) is 0. The second kappa shape index (κ2) is 6.75. The number of methoxy groups -OCH3 is 1. The summed E-state index contributed by atoms with van der Waals surface area (Å²) in [7, 11) is 1.29. The first-order valence-electron chi connectivity index (χ1n) is 11.9. The highest BCUT2D eigenvalue weighted by Gasteiger charge is 2.82. The van der Waals surface area contributed by atoms with Gasteiger partial charge in [0.2, 0.25) is 0 Å². The smallest absolute Gasteiger partial charge is 0.321 e. The molecule has 0 aliphatic heterocycles. The number of hydrogen-bond acceptors (Lipinski definition) is 6. The third kappa shape index (κ3) is 2.17. The fourth-order valence-corrected chi connectivity index (χ4v) is 9.01. The van der Waals surface area contributed by atoms with Crippen LogP contribution >= 0.6 is 0 Å². The molecule has 3 fully saturated rings. The molecule has 0 bridgehead atoms. The first-order chi connectivity index (χ1) is 14.7. The Morgan fingerprint density at radius 1 is 1.12 bits per heavy atom. The van der Waals surface area contributed by atoms with Crippen LogP contribution in [0.2, 0.25) is 0 Å². The van der Waals surface area contributed by atoms with Crippen molar-refractivity contribution < 1.29 is 29.3 Å². The maximum atomic E-state index is 14.0. The molecule has 6 nitrogen and oxygen atoms in total. The summed E-state index contributed by atoms with van der Waals surface area (Å²) in [4.78, 5) is 41.2. The number of Topliss-reactive ketones (excluding diaryl/α,β-unsaturated/α-hetero) is 2. The largest absolute Gasteiger partial charge is 0.468 e. The Morgan fingerprint density at radius 3 is 2.31 bits per heavy atom. The lowest BCUT2D eigenvalue weighted by Gasteiger charge is -2.68. The molecule has 0 saturated heterocycles. The highest BCUT2D eigenvalue weighted by Crippen LogP contribution is 2.76. The Bertz CT molecular complexity index is 919. The van der Waals surface area contributed by atoms with Crippen LogP contribution in [0.4, 0.5) is 0 Å². The summed E-state index contributed by atoms with van der Waals surface area (Å²) in [6.07, 6.45) is 3.97. The second-order valence-electron chi connectivity index (χ2n) is 11.9. The van der Waals surface area contributed by atoms with E-state index in [4.69, 9.17) is 4.74 Å². The Balaban J connectivity index is 2.05. The Kier molecular flexibility index (Phi) is 4.99. The van der Waals surface area contributed by atoms with E-state index in [2.05, 4.69) is 19.9 Å². The lowest BCUT2D eigenvalue weighted by atomic mass is 9.33. The first kappa shape index (κ1) is 23.6. The van der Waals surface area contributed by atoms with Crippen LogP contribution in [-0.2, 0) is 19.1 Å². The van der Waals surface area contributed by atoms with Crippen molar-refractivity contribution in [3.05, 3.63) is 11.6 Å². The van der Waals surface area contributed by atoms with Crippen LogP contribution in [0.25, 0.3) is 0 Å². The van der Waals surface area contributed by atoms with Gasteiger partial charge < -0.3 is 14.9 Å². The van der Waals surface area contributed by atoms with Crippen molar-refractivity contribution >= 4 is 17.5 Å². The molecule has 0 amide bonds. The van der Waals surface area contributed by atoms with E-state index < -0.39 is 45.1 Å². The van der Waals surface area contributed by atoms with E-state index >= 15 is 0 Å². The maximum absolute atomic E-state index is 14.0. The van der Waals surface area contributed by atoms with Crippen LogP contribution in [0.15, 0.2) is 11.6 Å². The van der Waals surface area contributed by atoms with Crippen LogP contribution < -0.4 is 0 Å². The van der Waals surface area contributed by atoms with Gasteiger partial charge in [-0.1, -0.05) is 32.4 Å². The van der Waals surface area contributed by atoms with E-state index in [1.807, 2.05) is 13.8 Å². The minimum absolute atomic E-state index is 0.0227. The Morgan fingerprint density at radius 2 is 1.75 bits per heavy atom. The van der Waals surface area contributed by atoms with Crippen molar-refractivity contribution in [3.8, 4) is 0 Å². The predicted molar refractivity (Wildman–Crippen MR) is 118 cm³/mol. The quantitative estimate of drug-likeness (QED) is 0.384. The molecular weight excluding hydrogens is 408 g/mol. The van der Waals surface area contributed by atoms with Gasteiger partial charge in [0.25, 0.3) is 0 Å². The van der Waals surface area contributed by atoms with E-state index in [1.54, 1.807) is 13.8 Å². The fraction of sp³-hybridized carbons (Fsp3) is 0.808. The third-order valence-corrected chi connectivity index (χ3v) is 10.8. The molecule has 32 heavy (non-hydrogen) atoms. The van der Waals surface area contributed by atoms with Crippen molar-refractivity contribution in [3.63, 3.8) is 0 Å². The number of ketones is 2. The number of fused-ring (bicyclic) bond motifs is 5. The molecule has 0 aromatic carbocycles. The highest BCUT2D eigenvalue weighted by molar-refractivity contribution is 6.25. The minimum Gasteiger partial charge on any atom is -0.468 e. The van der Waals surface area contributed by atoms with E-state index in [1.165, 1.54) is 7.11 Å². The van der Waals surface area contributed by atoms with E-state index in [0.717, 1.165) is 0 Å². The van der Waals surface area contributed by atoms with Gasteiger partial charge in [0, 0.05) is 12.0 Å². The number of esters is 1. The molecule has 2 N–H and O–H groups in total. The molecule has 3 saturated carbocycles. The standard InChI is InChI=1S/C26H38O6/c1-14-12-17-23(5,10-8-16-22(3,4)18(28)9-11-25(16,17)13-27)26(21(31)32-7)20(30)15(2)19(29)24(14,26)6/h12,15-18,27-28H,8-11,13H2,1-7H3/t15-,16+,17+,18+,23-,24+,25-,26+/m1/s1. The van der Waals surface area contributed by atoms with Gasteiger partial charge in [0.15, 0.2) is 11.6 Å². The molecule has 0 unspecified atom stereocenters. The topological polar surface area (TPSA) is 101 Å². The number of hydrogen-bond donors (Lipinski definition) is 2. The fourth-order valence-electron chi connectivity index (χ4n) is 9.01. The molecule has 0 heterocycles. The summed E-state index contributed by atoms with van der Waals surface area (Å²) >= 11 is 0. The summed E-state index contributed by atoms with van der Waals surface area (Å²) < 4.78 is 5.31. The van der Waals surface area contributed by atoms with Gasteiger partial charge in [-0.3, -0.25) is 14.4 Å².